The van der Waals surface area contributed by atoms with Crippen LogP contribution in [-0.4, -0.2) is 26.0 Å². The summed E-state index contributed by atoms with van der Waals surface area (Å²) in [6, 6.07) is 16.7. The molecule has 0 aromatic heterocycles. The summed E-state index contributed by atoms with van der Waals surface area (Å²) in [5.74, 6) is 0.340. The van der Waals surface area contributed by atoms with E-state index < -0.39 is 5.91 Å². The Morgan fingerprint density at radius 2 is 1.56 bits per heavy atom. The zero-order valence-corrected chi connectivity index (χ0v) is 20.3. The van der Waals surface area contributed by atoms with Crippen LogP contribution in [0.5, 0.6) is 11.5 Å². The first kappa shape index (κ1) is 23.1. The number of carbonyl (C=O) groups excluding carboxylic acids is 2. The van der Waals surface area contributed by atoms with Crippen LogP contribution >= 0.6 is 0 Å². The molecule has 0 fully saturated rings. The van der Waals surface area contributed by atoms with E-state index in [0.29, 0.717) is 34.0 Å². The number of aryl methyl sites for hydroxylation is 3. The third-order valence-corrected chi connectivity index (χ3v) is 6.22. The Morgan fingerprint density at radius 3 is 2.24 bits per heavy atom. The smallest absolute Gasteiger partial charge is 0.282 e. The fourth-order valence-corrected chi connectivity index (χ4v) is 4.23. The molecule has 6 nitrogen and oxygen atoms in total. The van der Waals surface area contributed by atoms with Crippen LogP contribution in [0.15, 0.2) is 60.3 Å². The molecule has 0 saturated carbocycles. The van der Waals surface area contributed by atoms with Gasteiger partial charge in [0.15, 0.2) is 0 Å². The van der Waals surface area contributed by atoms with Gasteiger partial charge in [0.05, 0.1) is 31.2 Å². The normalized spacial score (nSPS) is 13.5. The maximum Gasteiger partial charge on any atom is 0.282 e. The number of hydrogen-bond acceptors (Lipinski definition) is 5. The molecule has 0 atom stereocenters. The van der Waals surface area contributed by atoms with Crippen LogP contribution in [0.4, 0.5) is 11.4 Å². The summed E-state index contributed by atoms with van der Waals surface area (Å²) in [4.78, 5) is 28.9. The summed E-state index contributed by atoms with van der Waals surface area (Å²) in [5.41, 5.74) is 6.21. The molecule has 0 spiro atoms. The number of amides is 2. The molecule has 6 heteroatoms. The number of methoxy groups -OCH3 is 2. The molecule has 0 saturated heterocycles. The van der Waals surface area contributed by atoms with Crippen molar-refractivity contribution in [2.24, 2.45) is 0 Å². The highest BCUT2D eigenvalue weighted by Crippen LogP contribution is 2.39. The quantitative estimate of drug-likeness (QED) is 0.508. The number of benzene rings is 3. The Kier molecular flexibility index (Phi) is 6.16. The highest BCUT2D eigenvalue weighted by molar-refractivity contribution is 6.46. The van der Waals surface area contributed by atoms with Crippen LogP contribution in [0.2, 0.25) is 0 Å². The lowest BCUT2D eigenvalue weighted by atomic mass is 9.97. The number of carbonyl (C=O) groups is 2. The lowest BCUT2D eigenvalue weighted by Gasteiger charge is -2.19. The fourth-order valence-electron chi connectivity index (χ4n) is 4.23. The van der Waals surface area contributed by atoms with E-state index in [4.69, 9.17) is 9.47 Å². The van der Waals surface area contributed by atoms with Gasteiger partial charge in [-0.2, -0.15) is 0 Å². The third kappa shape index (κ3) is 3.92. The number of hydrogen-bond donors (Lipinski definition) is 1. The van der Waals surface area contributed by atoms with Gasteiger partial charge in [0.25, 0.3) is 11.8 Å². The third-order valence-electron chi connectivity index (χ3n) is 6.22. The number of rotatable bonds is 6. The molecule has 0 aliphatic carbocycles. The summed E-state index contributed by atoms with van der Waals surface area (Å²) in [7, 11) is 3.12. The predicted octanol–water partition coefficient (Wildman–Crippen LogP) is 5.33. The van der Waals surface area contributed by atoms with Crippen LogP contribution in [0.3, 0.4) is 0 Å². The van der Waals surface area contributed by atoms with Gasteiger partial charge in [-0.1, -0.05) is 35.9 Å². The lowest BCUT2D eigenvalue weighted by Crippen LogP contribution is -2.33. The van der Waals surface area contributed by atoms with E-state index in [0.717, 1.165) is 22.3 Å². The van der Waals surface area contributed by atoms with Gasteiger partial charge in [-0.05, 0) is 68.1 Å². The molecular weight excluding hydrogens is 428 g/mol. The van der Waals surface area contributed by atoms with Gasteiger partial charge in [0.1, 0.15) is 17.2 Å². The first-order valence-electron chi connectivity index (χ1n) is 11.0. The average Bonchev–Trinajstić information content (AvgIpc) is 3.05. The summed E-state index contributed by atoms with van der Waals surface area (Å²) < 4.78 is 10.8. The second-order valence-corrected chi connectivity index (χ2v) is 8.42. The topological polar surface area (TPSA) is 67.9 Å². The van der Waals surface area contributed by atoms with Crippen molar-refractivity contribution in [3.05, 3.63) is 88.1 Å². The van der Waals surface area contributed by atoms with Gasteiger partial charge < -0.3 is 14.8 Å². The molecule has 1 aliphatic heterocycles. The van der Waals surface area contributed by atoms with Gasteiger partial charge >= 0.3 is 0 Å². The Morgan fingerprint density at radius 1 is 0.794 bits per heavy atom. The molecular formula is C28H28N2O4. The van der Waals surface area contributed by atoms with Crippen molar-refractivity contribution in [2.45, 2.75) is 27.7 Å². The van der Waals surface area contributed by atoms with E-state index >= 15 is 0 Å². The second kappa shape index (κ2) is 9.06. The first-order valence-corrected chi connectivity index (χ1v) is 11.0. The largest absolute Gasteiger partial charge is 0.497 e. The lowest BCUT2D eigenvalue weighted by molar-refractivity contribution is -0.120. The molecule has 1 aliphatic rings. The van der Waals surface area contributed by atoms with E-state index in [2.05, 4.69) is 5.32 Å². The minimum absolute atomic E-state index is 0.199. The molecule has 1 heterocycles. The summed E-state index contributed by atoms with van der Waals surface area (Å²) in [5, 5.41) is 3.20. The van der Waals surface area contributed by atoms with Crippen molar-refractivity contribution in [3.63, 3.8) is 0 Å². The minimum atomic E-state index is -0.418. The van der Waals surface area contributed by atoms with Gasteiger partial charge in [-0.3, -0.25) is 9.59 Å². The zero-order chi connectivity index (χ0) is 24.6. The van der Waals surface area contributed by atoms with Crippen molar-refractivity contribution < 1.29 is 19.1 Å². The van der Waals surface area contributed by atoms with Crippen molar-refractivity contribution in [1.82, 2.24) is 0 Å². The van der Waals surface area contributed by atoms with E-state index in [1.807, 2.05) is 58.0 Å². The van der Waals surface area contributed by atoms with Crippen LogP contribution < -0.4 is 19.7 Å². The highest BCUT2D eigenvalue weighted by atomic mass is 16.5. The van der Waals surface area contributed by atoms with Crippen LogP contribution in [-0.2, 0) is 9.59 Å². The Hall–Kier alpha value is -4.06. The van der Waals surface area contributed by atoms with Gasteiger partial charge in [0.2, 0.25) is 0 Å². The zero-order valence-electron chi connectivity index (χ0n) is 20.3. The molecule has 1 N–H and O–H groups in total. The van der Waals surface area contributed by atoms with Crippen LogP contribution in [0, 0.1) is 27.7 Å². The number of nitrogens with zero attached hydrogens (tertiary/aromatic N) is 1. The summed E-state index contributed by atoms with van der Waals surface area (Å²) in [6.07, 6.45) is 0. The number of ether oxygens (including phenoxy) is 2. The van der Waals surface area contributed by atoms with Crippen LogP contribution in [0.1, 0.15) is 27.8 Å². The van der Waals surface area contributed by atoms with Gasteiger partial charge in [-0.25, -0.2) is 4.90 Å². The second-order valence-electron chi connectivity index (χ2n) is 8.42. The number of anilines is 2. The fraction of sp³-hybridized carbons (Fsp3) is 0.214. The monoisotopic (exact) mass is 456 g/mol. The molecule has 4 rings (SSSR count). The molecule has 3 aromatic rings. The molecule has 34 heavy (non-hydrogen) atoms. The van der Waals surface area contributed by atoms with Crippen molar-refractivity contribution >= 4 is 28.8 Å². The van der Waals surface area contributed by atoms with Crippen molar-refractivity contribution in [1.29, 1.82) is 0 Å². The van der Waals surface area contributed by atoms with E-state index in [9.17, 15) is 9.59 Å². The van der Waals surface area contributed by atoms with Crippen molar-refractivity contribution in [3.8, 4) is 11.5 Å². The van der Waals surface area contributed by atoms with Crippen molar-refractivity contribution in [2.75, 3.05) is 24.4 Å². The molecule has 174 valence electrons. The Labute approximate surface area is 199 Å². The van der Waals surface area contributed by atoms with Gasteiger partial charge in [0, 0.05) is 6.07 Å². The van der Waals surface area contributed by atoms with E-state index in [-0.39, 0.29) is 11.6 Å². The maximum atomic E-state index is 13.8. The highest BCUT2D eigenvalue weighted by Gasteiger charge is 2.41. The molecule has 0 unspecified atom stereocenters. The molecule has 0 radical (unpaired) electrons. The van der Waals surface area contributed by atoms with Gasteiger partial charge in [-0.15, -0.1) is 0 Å². The Bertz CT molecular complexity index is 1340. The number of nitrogens with one attached hydrogen (secondary N) is 1. The molecule has 0 bridgehead atoms. The standard InChI is InChI=1S/C28H28N2O4/c1-16-10-12-21(18(3)14-16)25-26(29-22-15-20(33-5)11-13-24(22)34-6)28(32)30(27(25)31)23-9-7-8-17(2)19(23)4/h7-15,29H,1-6H3. The first-order chi connectivity index (χ1) is 16.3. The summed E-state index contributed by atoms with van der Waals surface area (Å²) in [6.45, 7) is 7.81. The SMILES string of the molecule is COc1ccc(OC)c(NC2=C(c3ccc(C)cc3C)C(=O)N(c3cccc(C)c3C)C2=O)c1. The average molecular weight is 457 g/mol. The van der Waals surface area contributed by atoms with Crippen LogP contribution in [0.25, 0.3) is 5.57 Å². The molecule has 2 amide bonds. The minimum Gasteiger partial charge on any atom is -0.497 e. The predicted molar refractivity (Wildman–Crippen MR) is 134 cm³/mol. The summed E-state index contributed by atoms with van der Waals surface area (Å²) >= 11 is 0. The van der Waals surface area contributed by atoms with E-state index in [1.54, 1.807) is 38.5 Å². The molecule has 3 aromatic carbocycles. The van der Waals surface area contributed by atoms with E-state index in [1.165, 1.54) is 4.90 Å². The maximum absolute atomic E-state index is 13.8. The number of imide groups is 1. The Balaban J connectivity index is 1.92.